The van der Waals surface area contributed by atoms with Crippen LogP contribution in [0, 0.1) is 0 Å². The van der Waals surface area contributed by atoms with Crippen LogP contribution in [-0.2, 0) is 9.47 Å². The van der Waals surface area contributed by atoms with Gasteiger partial charge in [-0.15, -0.1) is 0 Å². The van der Waals surface area contributed by atoms with Gasteiger partial charge in [-0.05, 0) is 26.0 Å². The Balaban J connectivity index is 2.50. The first-order valence-electron chi connectivity index (χ1n) is 7.14. The highest BCUT2D eigenvalue weighted by molar-refractivity contribution is 6.40. The van der Waals surface area contributed by atoms with Gasteiger partial charge in [0, 0.05) is 12.4 Å². The smallest absolute Gasteiger partial charge is 0.341 e. The first kappa shape index (κ1) is 18.2. The van der Waals surface area contributed by atoms with Crippen LogP contribution < -0.4 is 0 Å². The van der Waals surface area contributed by atoms with Gasteiger partial charge in [-0.25, -0.2) is 9.59 Å². The van der Waals surface area contributed by atoms with Crippen LogP contribution >= 0.6 is 23.2 Å². The summed E-state index contributed by atoms with van der Waals surface area (Å²) in [7, 11) is 0. The highest BCUT2D eigenvalue weighted by Crippen LogP contribution is 2.32. The number of aromatic nitrogens is 2. The largest absolute Gasteiger partial charge is 0.462 e. The molecule has 2 rings (SSSR count). The first-order valence-corrected chi connectivity index (χ1v) is 7.89. The van der Waals surface area contributed by atoms with Crippen molar-refractivity contribution in [1.82, 2.24) is 9.97 Å². The van der Waals surface area contributed by atoms with Crippen LogP contribution in [0.15, 0.2) is 24.5 Å². The molecule has 2 aromatic heterocycles. The monoisotopic (exact) mass is 368 g/mol. The Morgan fingerprint density at radius 2 is 1.75 bits per heavy atom. The van der Waals surface area contributed by atoms with E-state index in [1.165, 1.54) is 24.5 Å². The molecule has 0 unspecified atom stereocenters. The molecule has 0 atom stereocenters. The second-order valence-corrected chi connectivity index (χ2v) is 5.30. The quantitative estimate of drug-likeness (QED) is 0.746. The van der Waals surface area contributed by atoms with Crippen molar-refractivity contribution in [2.24, 2.45) is 0 Å². The van der Waals surface area contributed by atoms with Crippen LogP contribution in [0.4, 0.5) is 0 Å². The maximum atomic E-state index is 12.0. The van der Waals surface area contributed by atoms with Gasteiger partial charge in [0.15, 0.2) is 0 Å². The molecule has 0 saturated heterocycles. The summed E-state index contributed by atoms with van der Waals surface area (Å²) in [6.45, 7) is 3.82. The van der Waals surface area contributed by atoms with E-state index in [1.807, 2.05) is 0 Å². The van der Waals surface area contributed by atoms with E-state index < -0.39 is 11.9 Å². The lowest BCUT2D eigenvalue weighted by Gasteiger charge is -2.10. The van der Waals surface area contributed by atoms with Crippen molar-refractivity contribution in [3.8, 4) is 11.4 Å². The van der Waals surface area contributed by atoms with Crippen molar-refractivity contribution < 1.29 is 19.1 Å². The summed E-state index contributed by atoms with van der Waals surface area (Å²) in [5, 5.41) is 0.0817. The van der Waals surface area contributed by atoms with Crippen LogP contribution in [0.25, 0.3) is 11.4 Å². The average Bonchev–Trinajstić information content (AvgIpc) is 2.55. The van der Waals surface area contributed by atoms with Gasteiger partial charge in [0.25, 0.3) is 0 Å². The molecule has 24 heavy (non-hydrogen) atoms. The fourth-order valence-corrected chi connectivity index (χ4v) is 2.53. The van der Waals surface area contributed by atoms with Gasteiger partial charge < -0.3 is 9.47 Å². The van der Waals surface area contributed by atoms with Gasteiger partial charge in [0.2, 0.25) is 0 Å². The predicted octanol–water partition coefficient (Wildman–Crippen LogP) is 3.80. The minimum atomic E-state index is -0.655. The molecule has 0 aliphatic heterocycles. The van der Waals surface area contributed by atoms with Crippen LogP contribution in [0.5, 0.6) is 0 Å². The zero-order chi connectivity index (χ0) is 17.7. The predicted molar refractivity (Wildman–Crippen MR) is 89.4 cm³/mol. The van der Waals surface area contributed by atoms with Gasteiger partial charge in [0.1, 0.15) is 11.3 Å². The van der Waals surface area contributed by atoms with E-state index in [9.17, 15) is 9.59 Å². The number of hydrogen-bond donors (Lipinski definition) is 0. The van der Waals surface area contributed by atoms with Gasteiger partial charge in [-0.2, -0.15) is 0 Å². The van der Waals surface area contributed by atoms with Crippen molar-refractivity contribution in [1.29, 1.82) is 0 Å². The molecule has 0 N–H and O–H groups in total. The fraction of sp³-hybridized carbons (Fsp3) is 0.250. The van der Waals surface area contributed by atoms with E-state index in [4.69, 9.17) is 32.7 Å². The Morgan fingerprint density at radius 1 is 1.08 bits per heavy atom. The molecule has 2 aromatic rings. The van der Waals surface area contributed by atoms with Gasteiger partial charge in [-0.3, -0.25) is 9.97 Å². The van der Waals surface area contributed by atoms with E-state index in [1.54, 1.807) is 13.8 Å². The van der Waals surface area contributed by atoms with Crippen molar-refractivity contribution in [2.75, 3.05) is 13.2 Å². The molecule has 0 radical (unpaired) electrons. The maximum absolute atomic E-state index is 12.0. The van der Waals surface area contributed by atoms with E-state index in [0.29, 0.717) is 11.3 Å². The summed E-state index contributed by atoms with van der Waals surface area (Å²) < 4.78 is 9.89. The lowest BCUT2D eigenvalue weighted by Crippen LogP contribution is -2.08. The van der Waals surface area contributed by atoms with Crippen molar-refractivity contribution >= 4 is 35.1 Å². The Labute approximate surface area is 148 Å². The first-order chi connectivity index (χ1) is 11.5. The molecule has 0 amide bonds. The van der Waals surface area contributed by atoms with Crippen LogP contribution in [0.3, 0.4) is 0 Å². The summed E-state index contributed by atoms with van der Waals surface area (Å²) in [5.41, 5.74) is 0.837. The number of pyridine rings is 2. The number of esters is 2. The molecule has 0 fully saturated rings. The summed E-state index contributed by atoms with van der Waals surface area (Å²) in [4.78, 5) is 32.1. The number of halogens is 2. The van der Waals surface area contributed by atoms with Crippen molar-refractivity contribution in [3.05, 3.63) is 45.7 Å². The summed E-state index contributed by atoms with van der Waals surface area (Å²) in [5.74, 6) is -1.14. The van der Waals surface area contributed by atoms with Gasteiger partial charge in [0.05, 0.1) is 34.5 Å². The highest BCUT2D eigenvalue weighted by Gasteiger charge is 2.22. The van der Waals surface area contributed by atoms with E-state index >= 15 is 0 Å². The molecule has 0 saturated carbocycles. The number of nitrogens with zero attached hydrogens (tertiary/aromatic N) is 2. The summed E-state index contributed by atoms with van der Waals surface area (Å²) in [6.07, 6.45) is 2.71. The van der Waals surface area contributed by atoms with E-state index in [0.717, 1.165) is 0 Å². The SMILES string of the molecule is CCOC(=O)c1ccnc(-c2ncc(Cl)c(C(=O)OCC)c2Cl)c1. The molecular formula is C16H14Cl2N2O4. The molecule has 0 aliphatic carbocycles. The van der Waals surface area contributed by atoms with E-state index in [-0.39, 0.29) is 34.5 Å². The van der Waals surface area contributed by atoms with Crippen LogP contribution in [0.1, 0.15) is 34.6 Å². The number of rotatable bonds is 5. The van der Waals surface area contributed by atoms with Crippen molar-refractivity contribution in [3.63, 3.8) is 0 Å². The molecule has 0 spiro atoms. The van der Waals surface area contributed by atoms with Gasteiger partial charge >= 0.3 is 11.9 Å². The molecule has 2 heterocycles. The molecule has 0 aromatic carbocycles. The Morgan fingerprint density at radius 3 is 2.42 bits per heavy atom. The third-order valence-corrected chi connectivity index (χ3v) is 3.62. The normalized spacial score (nSPS) is 10.3. The molecule has 6 nitrogen and oxygen atoms in total. The standard InChI is InChI=1S/C16H14Cl2N2O4/c1-3-23-15(21)9-5-6-19-11(7-9)14-13(18)12(10(17)8-20-14)16(22)24-4-2/h5-8H,3-4H2,1-2H3. The third kappa shape index (κ3) is 3.83. The molecule has 8 heteroatoms. The maximum Gasteiger partial charge on any atom is 0.341 e. The Bertz CT molecular complexity index is 781. The second-order valence-electron chi connectivity index (χ2n) is 4.51. The van der Waals surface area contributed by atoms with Crippen LogP contribution in [0.2, 0.25) is 10.0 Å². The average molecular weight is 369 g/mol. The third-order valence-electron chi connectivity index (χ3n) is 2.97. The lowest BCUT2D eigenvalue weighted by atomic mass is 10.1. The lowest BCUT2D eigenvalue weighted by molar-refractivity contribution is 0.0516. The van der Waals surface area contributed by atoms with Crippen LogP contribution in [-0.4, -0.2) is 35.1 Å². The summed E-state index contributed by atoms with van der Waals surface area (Å²) in [6, 6.07) is 2.99. The number of hydrogen-bond acceptors (Lipinski definition) is 6. The molecular weight excluding hydrogens is 355 g/mol. The van der Waals surface area contributed by atoms with Crippen molar-refractivity contribution in [2.45, 2.75) is 13.8 Å². The molecule has 126 valence electrons. The Kier molecular flexibility index (Phi) is 6.11. The topological polar surface area (TPSA) is 78.4 Å². The Hall–Kier alpha value is -2.18. The number of carbonyl (C=O) groups is 2. The number of carbonyl (C=O) groups excluding carboxylic acids is 2. The van der Waals surface area contributed by atoms with E-state index in [2.05, 4.69) is 9.97 Å². The summed E-state index contributed by atoms with van der Waals surface area (Å²) >= 11 is 12.3. The zero-order valence-corrected chi connectivity index (χ0v) is 14.5. The molecule has 0 bridgehead atoms. The number of ether oxygens (including phenoxy) is 2. The minimum absolute atomic E-state index is 0.00789. The second kappa shape index (κ2) is 8.08. The highest BCUT2D eigenvalue weighted by atomic mass is 35.5. The zero-order valence-electron chi connectivity index (χ0n) is 13.0. The minimum Gasteiger partial charge on any atom is -0.462 e. The van der Waals surface area contributed by atoms with Gasteiger partial charge in [-0.1, -0.05) is 23.2 Å². The fourth-order valence-electron chi connectivity index (χ4n) is 1.94. The molecule has 0 aliphatic rings.